The van der Waals surface area contributed by atoms with Gasteiger partial charge in [-0.1, -0.05) is 6.07 Å². The van der Waals surface area contributed by atoms with Crippen molar-refractivity contribution < 1.29 is 19.1 Å². The molecule has 0 unspecified atom stereocenters. The molecule has 0 N–H and O–H groups in total. The van der Waals surface area contributed by atoms with Crippen LogP contribution >= 0.6 is 0 Å². The Kier molecular flexibility index (Phi) is 3.78. The van der Waals surface area contributed by atoms with Crippen LogP contribution in [0.25, 0.3) is 0 Å². The predicted molar refractivity (Wildman–Crippen MR) is 64.1 cm³/mol. The first-order chi connectivity index (χ1) is 9.15. The van der Waals surface area contributed by atoms with Gasteiger partial charge in [0.1, 0.15) is 25.0 Å². The van der Waals surface area contributed by atoms with Gasteiger partial charge >= 0.3 is 0 Å². The van der Waals surface area contributed by atoms with Crippen molar-refractivity contribution in [3.05, 3.63) is 29.3 Å². The van der Waals surface area contributed by atoms with Crippen LogP contribution in [0.2, 0.25) is 0 Å². The van der Waals surface area contributed by atoms with Gasteiger partial charge in [0, 0.05) is 0 Å². The largest absolute Gasteiger partial charge is 0.495 e. The highest BCUT2D eigenvalue weighted by atomic mass is 16.5. The Labute approximate surface area is 110 Å². The number of morpholine rings is 1. The summed E-state index contributed by atoms with van der Waals surface area (Å²) in [4.78, 5) is 24.3. The van der Waals surface area contributed by atoms with Gasteiger partial charge in [0.2, 0.25) is 0 Å². The lowest BCUT2D eigenvalue weighted by atomic mass is 10.1. The summed E-state index contributed by atoms with van der Waals surface area (Å²) >= 11 is 0. The molecule has 0 radical (unpaired) electrons. The number of carbonyl (C=O) groups excluding carboxylic acids is 2. The molecule has 1 aliphatic heterocycles. The van der Waals surface area contributed by atoms with Crippen LogP contribution in [0.15, 0.2) is 18.2 Å². The SMILES string of the molecule is COc1cc(CN2C(=O)COCC2=O)ccc1C#N. The molecule has 0 aliphatic carbocycles. The summed E-state index contributed by atoms with van der Waals surface area (Å²) < 4.78 is 9.92. The van der Waals surface area contributed by atoms with E-state index in [1.165, 1.54) is 7.11 Å². The molecule has 1 fully saturated rings. The van der Waals surface area contributed by atoms with Gasteiger partial charge in [-0.25, -0.2) is 0 Å². The topological polar surface area (TPSA) is 79.6 Å². The quantitative estimate of drug-likeness (QED) is 0.737. The molecule has 98 valence electrons. The van der Waals surface area contributed by atoms with Gasteiger partial charge in [0.25, 0.3) is 11.8 Å². The Hall–Kier alpha value is -2.39. The predicted octanol–water partition coefficient (Wildman–Crippen LogP) is 0.452. The minimum atomic E-state index is -0.362. The second kappa shape index (κ2) is 5.50. The molecule has 1 saturated heterocycles. The molecule has 2 rings (SSSR count). The first-order valence-electron chi connectivity index (χ1n) is 5.63. The molecule has 1 aromatic rings. The van der Waals surface area contributed by atoms with Crippen molar-refractivity contribution in [2.45, 2.75) is 6.54 Å². The monoisotopic (exact) mass is 260 g/mol. The number of methoxy groups -OCH3 is 1. The number of ether oxygens (including phenoxy) is 2. The summed E-state index contributed by atoms with van der Waals surface area (Å²) in [6.07, 6.45) is 0. The van der Waals surface area contributed by atoms with Crippen LogP contribution in [0.1, 0.15) is 11.1 Å². The number of hydrogen-bond donors (Lipinski definition) is 0. The van der Waals surface area contributed by atoms with Crippen molar-refractivity contribution in [3.63, 3.8) is 0 Å². The summed E-state index contributed by atoms with van der Waals surface area (Å²) in [5.41, 5.74) is 1.13. The molecule has 6 heteroatoms. The average molecular weight is 260 g/mol. The van der Waals surface area contributed by atoms with Gasteiger partial charge in [-0.3, -0.25) is 14.5 Å². The maximum absolute atomic E-state index is 11.6. The fourth-order valence-electron chi connectivity index (χ4n) is 1.81. The smallest absolute Gasteiger partial charge is 0.255 e. The van der Waals surface area contributed by atoms with Gasteiger partial charge in [-0.05, 0) is 17.7 Å². The lowest BCUT2D eigenvalue weighted by Gasteiger charge is -2.25. The Bertz CT molecular complexity index is 546. The van der Waals surface area contributed by atoms with Crippen molar-refractivity contribution in [1.82, 2.24) is 4.90 Å². The summed E-state index contributed by atoms with van der Waals surface area (Å²) in [6.45, 7) is -0.0125. The lowest BCUT2D eigenvalue weighted by Crippen LogP contribution is -2.45. The molecule has 0 atom stereocenters. The minimum absolute atomic E-state index is 0.0842. The molecular weight excluding hydrogens is 248 g/mol. The van der Waals surface area contributed by atoms with E-state index in [2.05, 4.69) is 0 Å². The van der Waals surface area contributed by atoms with E-state index in [-0.39, 0.29) is 31.6 Å². The maximum Gasteiger partial charge on any atom is 0.255 e. The molecule has 0 bridgehead atoms. The fourth-order valence-corrected chi connectivity index (χ4v) is 1.81. The minimum Gasteiger partial charge on any atom is -0.495 e. The standard InChI is InChI=1S/C13H12N2O4/c1-18-11-4-9(2-3-10(11)5-14)6-15-12(16)7-19-8-13(15)17/h2-4H,6-8H2,1H3. The van der Waals surface area contributed by atoms with Crippen molar-refractivity contribution in [2.75, 3.05) is 20.3 Å². The van der Waals surface area contributed by atoms with Gasteiger partial charge in [-0.15, -0.1) is 0 Å². The van der Waals surface area contributed by atoms with Crippen LogP contribution in [0.3, 0.4) is 0 Å². The number of hydrogen-bond acceptors (Lipinski definition) is 5. The van der Waals surface area contributed by atoms with Gasteiger partial charge in [0.05, 0.1) is 19.2 Å². The fraction of sp³-hybridized carbons (Fsp3) is 0.308. The van der Waals surface area contributed by atoms with Crippen LogP contribution in [0.4, 0.5) is 0 Å². The van der Waals surface area contributed by atoms with E-state index in [4.69, 9.17) is 14.7 Å². The van der Waals surface area contributed by atoms with Crippen molar-refractivity contribution in [3.8, 4) is 11.8 Å². The summed E-state index contributed by atoms with van der Waals surface area (Å²) in [5.74, 6) is -0.299. The maximum atomic E-state index is 11.6. The number of nitriles is 1. The van der Waals surface area contributed by atoms with Crippen LogP contribution < -0.4 is 4.74 Å². The third-order valence-corrected chi connectivity index (χ3v) is 2.78. The Morgan fingerprint density at radius 1 is 1.37 bits per heavy atom. The molecule has 0 saturated carbocycles. The van der Waals surface area contributed by atoms with Gasteiger partial charge in [-0.2, -0.15) is 5.26 Å². The Morgan fingerprint density at radius 3 is 2.63 bits per heavy atom. The average Bonchev–Trinajstić information content (AvgIpc) is 2.42. The van der Waals surface area contributed by atoms with Gasteiger partial charge in [0.15, 0.2) is 0 Å². The Balaban J connectivity index is 2.21. The summed E-state index contributed by atoms with van der Waals surface area (Å²) in [5, 5.41) is 8.88. The second-order valence-corrected chi connectivity index (χ2v) is 4.01. The molecule has 6 nitrogen and oxygen atoms in total. The lowest BCUT2D eigenvalue weighted by molar-refractivity contribution is -0.159. The van der Waals surface area contributed by atoms with E-state index < -0.39 is 0 Å². The van der Waals surface area contributed by atoms with E-state index in [0.717, 1.165) is 10.5 Å². The molecule has 1 heterocycles. The number of amides is 2. The zero-order valence-corrected chi connectivity index (χ0v) is 10.4. The van der Waals surface area contributed by atoms with Crippen LogP contribution in [-0.2, 0) is 20.9 Å². The zero-order chi connectivity index (χ0) is 13.8. The Morgan fingerprint density at radius 2 is 2.05 bits per heavy atom. The zero-order valence-electron chi connectivity index (χ0n) is 10.4. The van der Waals surface area contributed by atoms with Crippen LogP contribution in [0.5, 0.6) is 5.75 Å². The van der Waals surface area contributed by atoms with Crippen molar-refractivity contribution in [2.24, 2.45) is 0 Å². The number of carbonyl (C=O) groups is 2. The van der Waals surface area contributed by atoms with E-state index in [9.17, 15) is 9.59 Å². The highest BCUT2D eigenvalue weighted by Crippen LogP contribution is 2.20. The van der Waals surface area contributed by atoms with E-state index in [1.54, 1.807) is 18.2 Å². The normalized spacial score (nSPS) is 15.3. The second-order valence-electron chi connectivity index (χ2n) is 4.01. The molecular formula is C13H12N2O4. The van der Waals surface area contributed by atoms with E-state index >= 15 is 0 Å². The van der Waals surface area contributed by atoms with E-state index in [1.807, 2.05) is 6.07 Å². The first kappa shape index (κ1) is 13.1. The molecule has 19 heavy (non-hydrogen) atoms. The number of nitrogens with zero attached hydrogens (tertiary/aromatic N) is 2. The molecule has 0 aromatic heterocycles. The number of rotatable bonds is 3. The highest BCUT2D eigenvalue weighted by molar-refractivity contribution is 5.98. The van der Waals surface area contributed by atoms with Crippen LogP contribution in [-0.4, -0.2) is 37.0 Å². The summed E-state index contributed by atoms with van der Waals surface area (Å²) in [6, 6.07) is 6.94. The summed E-state index contributed by atoms with van der Waals surface area (Å²) in [7, 11) is 1.46. The molecule has 0 spiro atoms. The van der Waals surface area contributed by atoms with E-state index in [0.29, 0.717) is 11.3 Å². The first-order valence-corrected chi connectivity index (χ1v) is 5.63. The van der Waals surface area contributed by atoms with Crippen LogP contribution in [0, 0.1) is 11.3 Å². The highest BCUT2D eigenvalue weighted by Gasteiger charge is 2.26. The molecule has 2 amide bonds. The molecule has 1 aromatic carbocycles. The third-order valence-electron chi connectivity index (χ3n) is 2.78. The molecule has 1 aliphatic rings. The van der Waals surface area contributed by atoms with Crippen molar-refractivity contribution >= 4 is 11.8 Å². The van der Waals surface area contributed by atoms with Gasteiger partial charge < -0.3 is 9.47 Å². The third kappa shape index (κ3) is 2.72. The van der Waals surface area contributed by atoms with Crippen molar-refractivity contribution in [1.29, 1.82) is 5.26 Å². The number of imide groups is 1. The number of benzene rings is 1.